The number of aromatic nitrogens is 3. The smallest absolute Gasteiger partial charge is 0.154 e. The lowest BCUT2D eigenvalue weighted by molar-refractivity contribution is 0.522. The van der Waals surface area contributed by atoms with Crippen molar-refractivity contribution in [3.05, 3.63) is 24.2 Å². The van der Waals surface area contributed by atoms with Crippen molar-refractivity contribution in [1.82, 2.24) is 19.9 Å². The number of nitrogens with zero attached hydrogens (tertiary/aromatic N) is 4. The molecule has 2 aromatic rings. The van der Waals surface area contributed by atoms with Crippen molar-refractivity contribution in [1.29, 1.82) is 0 Å². The number of aryl methyl sites for hydroxylation is 1. The van der Waals surface area contributed by atoms with Gasteiger partial charge in [0.05, 0.1) is 5.69 Å². The summed E-state index contributed by atoms with van der Waals surface area (Å²) in [7, 11) is 0. The van der Waals surface area contributed by atoms with Gasteiger partial charge in [0.15, 0.2) is 5.82 Å². The highest BCUT2D eigenvalue weighted by atomic mass is 15.3. The molecule has 1 N–H and O–H groups in total. The van der Waals surface area contributed by atoms with Crippen molar-refractivity contribution < 1.29 is 0 Å². The Morgan fingerprint density at radius 1 is 1.45 bits per heavy atom. The molecule has 5 heteroatoms. The van der Waals surface area contributed by atoms with E-state index in [-0.39, 0.29) is 0 Å². The summed E-state index contributed by atoms with van der Waals surface area (Å²) in [5.74, 6) is 1.07. The van der Waals surface area contributed by atoms with E-state index in [0.717, 1.165) is 30.1 Å². The van der Waals surface area contributed by atoms with Crippen LogP contribution in [0.5, 0.6) is 0 Å². The molecule has 3 heterocycles. The highest BCUT2D eigenvalue weighted by molar-refractivity contribution is 5.69. The van der Waals surface area contributed by atoms with Crippen LogP contribution in [0.15, 0.2) is 18.5 Å². The van der Waals surface area contributed by atoms with E-state index >= 15 is 0 Å². The summed E-state index contributed by atoms with van der Waals surface area (Å²) < 4.78 is 1.93. The van der Waals surface area contributed by atoms with E-state index in [0.29, 0.717) is 12.1 Å². The van der Waals surface area contributed by atoms with Crippen LogP contribution in [0, 0.1) is 6.92 Å². The van der Waals surface area contributed by atoms with Crippen LogP contribution in [0.1, 0.15) is 32.4 Å². The van der Waals surface area contributed by atoms with Crippen LogP contribution in [0.25, 0.3) is 5.52 Å². The third-order valence-electron chi connectivity index (χ3n) is 3.90. The zero-order valence-corrected chi connectivity index (χ0v) is 12.5. The lowest BCUT2D eigenvalue weighted by atomic mass is 10.2. The molecular formula is C15H23N5. The molecule has 0 bridgehead atoms. The molecule has 1 fully saturated rings. The lowest BCUT2D eigenvalue weighted by Crippen LogP contribution is -2.40. The molecule has 0 radical (unpaired) electrons. The van der Waals surface area contributed by atoms with Gasteiger partial charge in [-0.05, 0) is 25.8 Å². The largest absolute Gasteiger partial charge is 0.351 e. The summed E-state index contributed by atoms with van der Waals surface area (Å²) in [5.41, 5.74) is 2.15. The van der Waals surface area contributed by atoms with Crippen molar-refractivity contribution in [3.63, 3.8) is 0 Å². The van der Waals surface area contributed by atoms with Gasteiger partial charge in [-0.15, -0.1) is 0 Å². The summed E-state index contributed by atoms with van der Waals surface area (Å²) in [5, 5.41) is 8.03. The summed E-state index contributed by atoms with van der Waals surface area (Å²) in [6.45, 7) is 8.52. The van der Waals surface area contributed by atoms with E-state index < -0.39 is 0 Å². The van der Waals surface area contributed by atoms with Crippen LogP contribution in [-0.4, -0.2) is 39.8 Å². The maximum absolute atomic E-state index is 4.62. The van der Waals surface area contributed by atoms with Crippen LogP contribution in [0.2, 0.25) is 0 Å². The first-order valence-corrected chi connectivity index (χ1v) is 7.46. The average Bonchev–Trinajstić information content (AvgIpc) is 3.00. The number of nitrogens with one attached hydrogen (secondary N) is 1. The molecule has 1 aliphatic heterocycles. The SMILES string of the molecule is Cc1cc2c(N3CCCC3CNC(C)C)nccn2n1. The maximum Gasteiger partial charge on any atom is 0.154 e. The highest BCUT2D eigenvalue weighted by Gasteiger charge is 2.27. The molecule has 0 amide bonds. The Morgan fingerprint density at radius 2 is 2.30 bits per heavy atom. The maximum atomic E-state index is 4.62. The van der Waals surface area contributed by atoms with Gasteiger partial charge in [0.25, 0.3) is 0 Å². The van der Waals surface area contributed by atoms with Gasteiger partial charge in [-0.2, -0.15) is 5.10 Å². The van der Waals surface area contributed by atoms with Gasteiger partial charge in [0.2, 0.25) is 0 Å². The Bertz CT molecular complexity index is 589. The molecule has 1 aliphatic rings. The average molecular weight is 273 g/mol. The van der Waals surface area contributed by atoms with Crippen molar-refractivity contribution in [2.45, 2.75) is 45.7 Å². The Morgan fingerprint density at radius 3 is 3.10 bits per heavy atom. The molecular weight excluding hydrogens is 250 g/mol. The number of hydrogen-bond donors (Lipinski definition) is 1. The van der Waals surface area contributed by atoms with E-state index in [2.05, 4.69) is 40.2 Å². The molecule has 0 spiro atoms. The fraction of sp³-hybridized carbons (Fsp3) is 0.600. The molecule has 1 unspecified atom stereocenters. The fourth-order valence-corrected chi connectivity index (χ4v) is 2.95. The van der Waals surface area contributed by atoms with E-state index in [9.17, 15) is 0 Å². The van der Waals surface area contributed by atoms with Gasteiger partial charge >= 0.3 is 0 Å². The second-order valence-electron chi connectivity index (χ2n) is 5.92. The first-order chi connectivity index (χ1) is 9.65. The minimum Gasteiger partial charge on any atom is -0.351 e. The van der Waals surface area contributed by atoms with E-state index in [4.69, 9.17) is 0 Å². The van der Waals surface area contributed by atoms with Crippen LogP contribution >= 0.6 is 0 Å². The number of rotatable bonds is 4. The molecule has 1 saturated heterocycles. The third kappa shape index (κ3) is 2.50. The first-order valence-electron chi connectivity index (χ1n) is 7.46. The molecule has 2 aromatic heterocycles. The molecule has 0 saturated carbocycles. The molecule has 5 nitrogen and oxygen atoms in total. The Hall–Kier alpha value is -1.62. The van der Waals surface area contributed by atoms with Gasteiger partial charge in [0.1, 0.15) is 5.52 Å². The Balaban J connectivity index is 1.89. The summed E-state index contributed by atoms with van der Waals surface area (Å²) in [6.07, 6.45) is 6.24. The van der Waals surface area contributed by atoms with Crippen molar-refractivity contribution in [3.8, 4) is 0 Å². The molecule has 20 heavy (non-hydrogen) atoms. The van der Waals surface area contributed by atoms with Gasteiger partial charge in [-0.3, -0.25) is 0 Å². The topological polar surface area (TPSA) is 45.5 Å². The first kappa shape index (κ1) is 13.4. The predicted molar refractivity (Wildman–Crippen MR) is 81.2 cm³/mol. The predicted octanol–water partition coefficient (Wildman–Crippen LogP) is 2.00. The normalized spacial score (nSPS) is 19.4. The summed E-state index contributed by atoms with van der Waals surface area (Å²) in [6, 6.07) is 3.18. The number of fused-ring (bicyclic) bond motifs is 1. The van der Waals surface area contributed by atoms with Gasteiger partial charge < -0.3 is 10.2 Å². The van der Waals surface area contributed by atoms with E-state index in [1.807, 2.05) is 23.8 Å². The second kappa shape index (κ2) is 5.40. The minimum atomic E-state index is 0.526. The molecule has 0 aliphatic carbocycles. The van der Waals surface area contributed by atoms with Gasteiger partial charge in [0, 0.05) is 37.6 Å². The van der Waals surface area contributed by atoms with Crippen molar-refractivity contribution in [2.75, 3.05) is 18.0 Å². The van der Waals surface area contributed by atoms with Crippen LogP contribution < -0.4 is 10.2 Å². The summed E-state index contributed by atoms with van der Waals surface area (Å²) in [4.78, 5) is 7.05. The highest BCUT2D eigenvalue weighted by Crippen LogP contribution is 2.27. The Kier molecular flexibility index (Phi) is 3.61. The van der Waals surface area contributed by atoms with Crippen LogP contribution in [-0.2, 0) is 0 Å². The number of anilines is 1. The lowest BCUT2D eigenvalue weighted by Gasteiger charge is -2.27. The Labute approximate surface area is 120 Å². The third-order valence-corrected chi connectivity index (χ3v) is 3.90. The minimum absolute atomic E-state index is 0.526. The quantitative estimate of drug-likeness (QED) is 0.925. The zero-order chi connectivity index (χ0) is 14.1. The van der Waals surface area contributed by atoms with Crippen LogP contribution in [0.4, 0.5) is 5.82 Å². The summed E-state index contributed by atoms with van der Waals surface area (Å²) >= 11 is 0. The van der Waals surface area contributed by atoms with E-state index in [1.165, 1.54) is 12.8 Å². The molecule has 0 aromatic carbocycles. The molecule has 3 rings (SSSR count). The van der Waals surface area contributed by atoms with Gasteiger partial charge in [-0.1, -0.05) is 13.8 Å². The van der Waals surface area contributed by atoms with Crippen LogP contribution in [0.3, 0.4) is 0 Å². The van der Waals surface area contributed by atoms with E-state index in [1.54, 1.807) is 0 Å². The number of hydrogen-bond acceptors (Lipinski definition) is 4. The monoisotopic (exact) mass is 273 g/mol. The van der Waals surface area contributed by atoms with Gasteiger partial charge in [-0.25, -0.2) is 9.50 Å². The fourth-order valence-electron chi connectivity index (χ4n) is 2.95. The standard InChI is InChI=1S/C15H23N5/c1-11(2)17-10-13-5-4-7-19(13)15-14-9-12(3)18-20(14)8-6-16-15/h6,8-9,11,13,17H,4-5,7,10H2,1-3H3. The van der Waals surface area contributed by atoms with Crippen molar-refractivity contribution in [2.24, 2.45) is 0 Å². The second-order valence-corrected chi connectivity index (χ2v) is 5.92. The molecule has 108 valence electrons. The molecule has 1 atom stereocenters. The zero-order valence-electron chi connectivity index (χ0n) is 12.5. The van der Waals surface area contributed by atoms with Crippen molar-refractivity contribution >= 4 is 11.3 Å².